The van der Waals surface area contributed by atoms with Gasteiger partial charge in [0.05, 0.1) is 0 Å². The van der Waals surface area contributed by atoms with Crippen LogP contribution in [0.3, 0.4) is 0 Å². The summed E-state index contributed by atoms with van der Waals surface area (Å²) in [5, 5.41) is 0. The van der Waals surface area contributed by atoms with Crippen molar-refractivity contribution in [3.8, 4) is 0 Å². The number of hydrogen-bond acceptors (Lipinski definition) is 0. The average Bonchev–Trinajstić information content (AvgIpc) is 2.70. The van der Waals surface area contributed by atoms with Crippen molar-refractivity contribution in [3.05, 3.63) is 41.2 Å². The lowest BCUT2D eigenvalue weighted by Gasteiger charge is -2.09. The van der Waals surface area contributed by atoms with Crippen LogP contribution in [-0.4, -0.2) is 0 Å². The van der Waals surface area contributed by atoms with Gasteiger partial charge in [0.1, 0.15) is 5.82 Å². The first-order valence-electron chi connectivity index (χ1n) is 5.67. The maximum Gasteiger partial charge on any atom is 0.130 e. The third-order valence-corrected chi connectivity index (χ3v) is 3.05. The first-order chi connectivity index (χ1) is 7.18. The molecule has 15 heavy (non-hydrogen) atoms. The largest absolute Gasteiger partial charge is 0.206 e. The first-order valence-corrected chi connectivity index (χ1v) is 5.67. The second-order valence-corrected chi connectivity index (χ2v) is 4.52. The van der Waals surface area contributed by atoms with Gasteiger partial charge in [-0.3, -0.25) is 0 Å². The van der Waals surface area contributed by atoms with Crippen molar-refractivity contribution in [2.24, 2.45) is 0 Å². The second kappa shape index (κ2) is 4.18. The quantitative estimate of drug-likeness (QED) is 0.664. The summed E-state index contributed by atoms with van der Waals surface area (Å²) in [5.74, 6) is 0.334. The fraction of sp³-hybridized carbons (Fsp3) is 0.429. The van der Waals surface area contributed by atoms with E-state index in [1.165, 1.54) is 12.0 Å². The molecule has 1 heteroatoms. The van der Waals surface area contributed by atoms with Gasteiger partial charge >= 0.3 is 0 Å². The van der Waals surface area contributed by atoms with E-state index < -0.39 is 0 Å². The third-order valence-electron chi connectivity index (χ3n) is 3.05. The molecule has 0 saturated carbocycles. The molecule has 0 amide bonds. The van der Waals surface area contributed by atoms with E-state index in [1.807, 2.05) is 12.1 Å². The fourth-order valence-corrected chi connectivity index (χ4v) is 2.07. The SMILES string of the molecule is CC(C)c1ccc(C2=CCCC2)c(F)c1. The van der Waals surface area contributed by atoms with Crippen LogP contribution in [0.1, 0.15) is 50.2 Å². The zero-order valence-corrected chi connectivity index (χ0v) is 9.39. The summed E-state index contributed by atoms with van der Waals surface area (Å²) in [7, 11) is 0. The Bertz CT molecular complexity index is 388. The molecule has 0 heterocycles. The van der Waals surface area contributed by atoms with Crippen molar-refractivity contribution >= 4 is 5.57 Å². The summed E-state index contributed by atoms with van der Waals surface area (Å²) in [5.41, 5.74) is 3.06. The molecule has 1 aliphatic rings. The van der Waals surface area contributed by atoms with Gasteiger partial charge in [-0.2, -0.15) is 0 Å². The predicted octanol–water partition coefficient (Wildman–Crippen LogP) is 4.52. The summed E-state index contributed by atoms with van der Waals surface area (Å²) < 4.78 is 13.8. The van der Waals surface area contributed by atoms with Crippen molar-refractivity contribution in [2.75, 3.05) is 0 Å². The van der Waals surface area contributed by atoms with Crippen LogP contribution < -0.4 is 0 Å². The van der Waals surface area contributed by atoms with Crippen LogP contribution in [0, 0.1) is 5.82 Å². The molecule has 1 aliphatic carbocycles. The molecule has 0 N–H and O–H groups in total. The van der Waals surface area contributed by atoms with Crippen molar-refractivity contribution in [1.82, 2.24) is 0 Å². The Hall–Kier alpha value is -1.11. The lowest BCUT2D eigenvalue weighted by molar-refractivity contribution is 0.619. The van der Waals surface area contributed by atoms with E-state index in [0.29, 0.717) is 5.92 Å². The molecule has 0 atom stereocenters. The van der Waals surface area contributed by atoms with Gasteiger partial charge in [-0.05, 0) is 42.4 Å². The zero-order valence-electron chi connectivity index (χ0n) is 9.39. The number of hydrogen-bond donors (Lipinski definition) is 0. The van der Waals surface area contributed by atoms with Crippen molar-refractivity contribution < 1.29 is 4.39 Å². The topological polar surface area (TPSA) is 0 Å². The highest BCUT2D eigenvalue weighted by molar-refractivity contribution is 5.67. The van der Waals surface area contributed by atoms with Gasteiger partial charge in [-0.25, -0.2) is 4.39 Å². The van der Waals surface area contributed by atoms with E-state index in [0.717, 1.165) is 24.0 Å². The molecule has 0 aromatic heterocycles. The lowest BCUT2D eigenvalue weighted by atomic mass is 9.98. The molecule has 0 unspecified atom stereocenters. The fourth-order valence-electron chi connectivity index (χ4n) is 2.07. The highest BCUT2D eigenvalue weighted by Gasteiger charge is 2.12. The molecule has 0 spiro atoms. The summed E-state index contributed by atoms with van der Waals surface area (Å²) in [6.07, 6.45) is 5.45. The van der Waals surface area contributed by atoms with Gasteiger partial charge < -0.3 is 0 Å². The van der Waals surface area contributed by atoms with Gasteiger partial charge in [-0.15, -0.1) is 0 Å². The van der Waals surface area contributed by atoms with Crippen molar-refractivity contribution in [2.45, 2.75) is 39.0 Å². The maximum atomic E-state index is 13.8. The molecular weight excluding hydrogens is 187 g/mol. The van der Waals surface area contributed by atoms with Gasteiger partial charge in [0, 0.05) is 5.56 Å². The summed E-state index contributed by atoms with van der Waals surface area (Å²) in [6, 6.07) is 5.66. The summed E-state index contributed by atoms with van der Waals surface area (Å²) in [4.78, 5) is 0. The number of rotatable bonds is 2. The van der Waals surface area contributed by atoms with E-state index in [-0.39, 0.29) is 5.82 Å². The summed E-state index contributed by atoms with van der Waals surface area (Å²) in [6.45, 7) is 4.17. The molecule has 0 bridgehead atoms. The van der Waals surface area contributed by atoms with Crippen LogP contribution in [0.15, 0.2) is 24.3 Å². The van der Waals surface area contributed by atoms with Gasteiger partial charge in [0.2, 0.25) is 0 Å². The molecule has 80 valence electrons. The van der Waals surface area contributed by atoms with E-state index in [1.54, 1.807) is 6.07 Å². The zero-order chi connectivity index (χ0) is 10.8. The van der Waals surface area contributed by atoms with Crippen molar-refractivity contribution in [1.29, 1.82) is 0 Å². The highest BCUT2D eigenvalue weighted by atomic mass is 19.1. The molecule has 0 fully saturated rings. The van der Waals surface area contributed by atoms with Gasteiger partial charge in [0.25, 0.3) is 0 Å². The Balaban J connectivity index is 2.34. The Labute approximate surface area is 90.8 Å². The number of halogens is 1. The monoisotopic (exact) mass is 204 g/mol. The summed E-state index contributed by atoms with van der Waals surface area (Å²) >= 11 is 0. The molecule has 1 aromatic carbocycles. The van der Waals surface area contributed by atoms with Crippen molar-refractivity contribution in [3.63, 3.8) is 0 Å². The lowest BCUT2D eigenvalue weighted by Crippen LogP contribution is -1.93. The molecule has 0 aliphatic heterocycles. The van der Waals surface area contributed by atoms with E-state index in [9.17, 15) is 4.39 Å². The minimum absolute atomic E-state index is 0.0608. The van der Waals surface area contributed by atoms with E-state index in [4.69, 9.17) is 0 Å². The molecule has 0 nitrogen and oxygen atoms in total. The van der Waals surface area contributed by atoms with Crippen LogP contribution in [0.4, 0.5) is 4.39 Å². The average molecular weight is 204 g/mol. The normalized spacial score (nSPS) is 15.9. The van der Waals surface area contributed by atoms with Crippen LogP contribution >= 0.6 is 0 Å². The standard InChI is InChI=1S/C14H17F/c1-10(2)12-7-8-13(14(15)9-12)11-5-3-4-6-11/h5,7-10H,3-4,6H2,1-2H3. The van der Waals surface area contributed by atoms with Crippen LogP contribution in [0.25, 0.3) is 5.57 Å². The number of allylic oxidation sites excluding steroid dienone is 2. The Morgan fingerprint density at radius 3 is 2.60 bits per heavy atom. The molecule has 0 saturated heterocycles. The molecular formula is C14H17F. The van der Waals surface area contributed by atoms with Gasteiger partial charge in [0.15, 0.2) is 0 Å². The second-order valence-electron chi connectivity index (χ2n) is 4.52. The first kappa shape index (κ1) is 10.4. The number of benzene rings is 1. The smallest absolute Gasteiger partial charge is 0.130 e. The minimum Gasteiger partial charge on any atom is -0.206 e. The molecule has 2 rings (SSSR count). The highest BCUT2D eigenvalue weighted by Crippen LogP contribution is 2.30. The Morgan fingerprint density at radius 2 is 2.07 bits per heavy atom. The van der Waals surface area contributed by atoms with E-state index in [2.05, 4.69) is 19.9 Å². The Morgan fingerprint density at radius 1 is 1.27 bits per heavy atom. The molecule has 1 aromatic rings. The van der Waals surface area contributed by atoms with Crippen LogP contribution in [0.5, 0.6) is 0 Å². The maximum absolute atomic E-state index is 13.8. The van der Waals surface area contributed by atoms with Crippen LogP contribution in [0.2, 0.25) is 0 Å². The third kappa shape index (κ3) is 2.11. The predicted molar refractivity (Wildman–Crippen MR) is 62.3 cm³/mol. The molecule has 0 radical (unpaired) electrons. The van der Waals surface area contributed by atoms with Crippen LogP contribution in [-0.2, 0) is 0 Å². The Kier molecular flexibility index (Phi) is 2.90. The van der Waals surface area contributed by atoms with Gasteiger partial charge in [-0.1, -0.05) is 32.1 Å². The minimum atomic E-state index is -0.0608. The van der Waals surface area contributed by atoms with E-state index >= 15 is 0 Å².